The fourth-order valence-electron chi connectivity index (χ4n) is 2.08. The van der Waals surface area contributed by atoms with Crippen LogP contribution in [-0.2, 0) is 0 Å². The van der Waals surface area contributed by atoms with Gasteiger partial charge in [0.1, 0.15) is 0 Å². The number of rotatable bonds is 3. The van der Waals surface area contributed by atoms with Crippen LogP contribution in [0.3, 0.4) is 0 Å². The van der Waals surface area contributed by atoms with Gasteiger partial charge in [-0.2, -0.15) is 0 Å². The molecule has 0 aliphatic heterocycles. The van der Waals surface area contributed by atoms with Crippen molar-refractivity contribution in [3.05, 3.63) is 0 Å². The molecule has 0 unspecified atom stereocenters. The summed E-state index contributed by atoms with van der Waals surface area (Å²) in [6.45, 7) is 2.30. The Morgan fingerprint density at radius 3 is 2.09 bits per heavy atom. The van der Waals surface area contributed by atoms with Crippen molar-refractivity contribution in [1.82, 2.24) is 0 Å². The maximum absolute atomic E-state index is 3.57. The van der Waals surface area contributed by atoms with Crippen LogP contribution < -0.4 is 0 Å². The highest BCUT2D eigenvalue weighted by atomic mass is 79.9. The van der Waals surface area contributed by atoms with Gasteiger partial charge in [0.2, 0.25) is 0 Å². The van der Waals surface area contributed by atoms with E-state index in [0.29, 0.717) is 0 Å². The standard InChI is InChI=1S/C10H19Br/c1-2-3-9-4-6-10(8-11)7-5-9/h9-10H,2-8H2,1H3. The van der Waals surface area contributed by atoms with Gasteiger partial charge < -0.3 is 0 Å². The average Bonchev–Trinajstić information content (AvgIpc) is 2.07. The van der Waals surface area contributed by atoms with Gasteiger partial charge in [-0.15, -0.1) is 0 Å². The van der Waals surface area contributed by atoms with Crippen molar-refractivity contribution in [3.8, 4) is 0 Å². The molecule has 0 aromatic rings. The second-order valence-corrected chi connectivity index (χ2v) is 4.48. The lowest BCUT2D eigenvalue weighted by Crippen LogP contribution is -2.15. The van der Waals surface area contributed by atoms with Crippen LogP contribution in [0.4, 0.5) is 0 Å². The Hall–Kier alpha value is 0.480. The molecule has 1 saturated carbocycles. The molecule has 11 heavy (non-hydrogen) atoms. The summed E-state index contributed by atoms with van der Waals surface area (Å²) < 4.78 is 0. The van der Waals surface area contributed by atoms with E-state index < -0.39 is 0 Å². The van der Waals surface area contributed by atoms with Crippen molar-refractivity contribution in [3.63, 3.8) is 0 Å². The molecule has 0 spiro atoms. The van der Waals surface area contributed by atoms with Gasteiger partial charge in [-0.25, -0.2) is 0 Å². The van der Waals surface area contributed by atoms with E-state index in [4.69, 9.17) is 0 Å². The molecule has 1 aliphatic rings. The van der Waals surface area contributed by atoms with Gasteiger partial charge in [0, 0.05) is 5.33 Å². The molecule has 1 aliphatic carbocycles. The first-order valence-corrected chi connectivity index (χ1v) is 6.05. The van der Waals surface area contributed by atoms with Crippen molar-refractivity contribution in [2.45, 2.75) is 45.4 Å². The first-order chi connectivity index (χ1) is 5.36. The molecule has 66 valence electrons. The van der Waals surface area contributed by atoms with Gasteiger partial charge in [-0.3, -0.25) is 0 Å². The third-order valence-electron chi connectivity index (χ3n) is 2.88. The van der Waals surface area contributed by atoms with Crippen molar-refractivity contribution >= 4 is 15.9 Å². The molecule has 0 amide bonds. The maximum atomic E-state index is 3.57. The second kappa shape index (κ2) is 5.18. The SMILES string of the molecule is CCCC1CCC(CBr)CC1. The average molecular weight is 219 g/mol. The topological polar surface area (TPSA) is 0 Å². The van der Waals surface area contributed by atoms with Gasteiger partial charge in [0.15, 0.2) is 0 Å². The molecular formula is C10H19Br. The molecule has 0 aromatic carbocycles. The lowest BCUT2D eigenvalue weighted by molar-refractivity contribution is 0.280. The largest absolute Gasteiger partial charge is 0.0925 e. The summed E-state index contributed by atoms with van der Waals surface area (Å²) in [5, 5.41) is 1.23. The van der Waals surface area contributed by atoms with E-state index in [9.17, 15) is 0 Å². The van der Waals surface area contributed by atoms with Crippen LogP contribution >= 0.6 is 15.9 Å². The van der Waals surface area contributed by atoms with Crippen molar-refractivity contribution in [2.24, 2.45) is 11.8 Å². The number of hydrogen-bond acceptors (Lipinski definition) is 0. The quantitative estimate of drug-likeness (QED) is 0.629. The van der Waals surface area contributed by atoms with Crippen LogP contribution in [-0.4, -0.2) is 5.33 Å². The number of alkyl halides is 1. The summed E-state index contributed by atoms with van der Waals surface area (Å²) in [6.07, 6.45) is 8.76. The third kappa shape index (κ3) is 3.14. The first-order valence-electron chi connectivity index (χ1n) is 4.92. The maximum Gasteiger partial charge on any atom is 0.00596 e. The van der Waals surface area contributed by atoms with E-state index in [0.717, 1.165) is 11.8 Å². The molecule has 0 heterocycles. The van der Waals surface area contributed by atoms with Crippen LogP contribution in [0.5, 0.6) is 0 Å². The minimum atomic E-state index is 0.989. The van der Waals surface area contributed by atoms with Gasteiger partial charge in [-0.05, 0) is 24.7 Å². The minimum absolute atomic E-state index is 0.989. The highest BCUT2D eigenvalue weighted by Crippen LogP contribution is 2.32. The second-order valence-electron chi connectivity index (χ2n) is 3.83. The summed E-state index contributed by atoms with van der Waals surface area (Å²) in [5.41, 5.74) is 0. The molecule has 1 fully saturated rings. The highest BCUT2D eigenvalue weighted by molar-refractivity contribution is 9.09. The van der Waals surface area contributed by atoms with Gasteiger partial charge >= 0.3 is 0 Å². The number of hydrogen-bond donors (Lipinski definition) is 0. The molecular weight excluding hydrogens is 200 g/mol. The summed E-state index contributed by atoms with van der Waals surface area (Å²) in [4.78, 5) is 0. The minimum Gasteiger partial charge on any atom is -0.0925 e. The van der Waals surface area contributed by atoms with E-state index in [-0.39, 0.29) is 0 Å². The smallest absolute Gasteiger partial charge is 0.00596 e. The summed E-state index contributed by atoms with van der Waals surface area (Å²) in [6, 6.07) is 0. The Morgan fingerprint density at radius 2 is 1.64 bits per heavy atom. The number of halogens is 1. The summed E-state index contributed by atoms with van der Waals surface area (Å²) in [5.74, 6) is 2.05. The molecule has 0 saturated heterocycles. The highest BCUT2D eigenvalue weighted by Gasteiger charge is 2.19. The molecule has 1 rings (SSSR count). The monoisotopic (exact) mass is 218 g/mol. The van der Waals surface area contributed by atoms with Crippen LogP contribution in [0.1, 0.15) is 45.4 Å². The molecule has 0 bridgehead atoms. The van der Waals surface area contributed by atoms with Gasteiger partial charge in [0.05, 0.1) is 0 Å². The molecule has 0 aromatic heterocycles. The van der Waals surface area contributed by atoms with Crippen LogP contribution in [0.15, 0.2) is 0 Å². The van der Waals surface area contributed by atoms with Gasteiger partial charge in [0.25, 0.3) is 0 Å². The predicted molar refractivity (Wildman–Crippen MR) is 54.2 cm³/mol. The Morgan fingerprint density at radius 1 is 1.09 bits per heavy atom. The Bertz CT molecular complexity index is 93.0. The normalized spacial score (nSPS) is 32.2. The zero-order valence-corrected chi connectivity index (χ0v) is 9.07. The van der Waals surface area contributed by atoms with E-state index in [1.165, 1.54) is 43.9 Å². The first kappa shape index (κ1) is 9.57. The zero-order chi connectivity index (χ0) is 8.10. The van der Waals surface area contributed by atoms with E-state index >= 15 is 0 Å². The summed E-state index contributed by atoms with van der Waals surface area (Å²) in [7, 11) is 0. The van der Waals surface area contributed by atoms with Crippen molar-refractivity contribution in [1.29, 1.82) is 0 Å². The van der Waals surface area contributed by atoms with Crippen LogP contribution in [0.2, 0.25) is 0 Å². The Labute approximate surface area is 78.9 Å². The van der Waals surface area contributed by atoms with Crippen molar-refractivity contribution in [2.75, 3.05) is 5.33 Å². The lowest BCUT2D eigenvalue weighted by atomic mass is 9.81. The van der Waals surface area contributed by atoms with Crippen molar-refractivity contribution < 1.29 is 0 Å². The summed E-state index contributed by atoms with van der Waals surface area (Å²) >= 11 is 3.57. The molecule has 0 nitrogen and oxygen atoms in total. The molecule has 0 N–H and O–H groups in total. The lowest BCUT2D eigenvalue weighted by Gasteiger charge is -2.26. The molecule has 0 atom stereocenters. The van der Waals surface area contributed by atoms with E-state index in [1.807, 2.05) is 0 Å². The van der Waals surface area contributed by atoms with Gasteiger partial charge in [-0.1, -0.05) is 48.5 Å². The predicted octanol–water partition coefficient (Wildman–Crippen LogP) is 3.99. The Balaban J connectivity index is 2.14. The fourth-order valence-corrected chi connectivity index (χ4v) is 2.73. The Kier molecular flexibility index (Phi) is 4.51. The van der Waals surface area contributed by atoms with Crippen LogP contribution in [0.25, 0.3) is 0 Å². The van der Waals surface area contributed by atoms with E-state index in [2.05, 4.69) is 22.9 Å². The molecule has 0 radical (unpaired) electrons. The third-order valence-corrected chi connectivity index (χ3v) is 3.80. The van der Waals surface area contributed by atoms with Crippen LogP contribution in [0, 0.1) is 11.8 Å². The fraction of sp³-hybridized carbons (Fsp3) is 1.00. The zero-order valence-electron chi connectivity index (χ0n) is 7.48. The molecule has 1 heteroatoms. The van der Waals surface area contributed by atoms with E-state index in [1.54, 1.807) is 0 Å².